The molecule has 0 saturated carbocycles. The Morgan fingerprint density at radius 1 is 1.38 bits per heavy atom. The molecule has 0 spiro atoms. The van der Waals surface area contributed by atoms with Crippen LogP contribution in [0.15, 0.2) is 0 Å². The first-order chi connectivity index (χ1) is 6.02. The lowest BCUT2D eigenvalue weighted by atomic mass is 10.1. The van der Waals surface area contributed by atoms with Crippen LogP contribution in [0.25, 0.3) is 0 Å². The van der Waals surface area contributed by atoms with Gasteiger partial charge in [-0.25, -0.2) is 0 Å². The van der Waals surface area contributed by atoms with Crippen molar-refractivity contribution >= 4 is 5.97 Å². The number of methoxy groups -OCH3 is 1. The molecule has 0 bridgehead atoms. The van der Waals surface area contributed by atoms with Crippen molar-refractivity contribution in [1.29, 1.82) is 0 Å². The summed E-state index contributed by atoms with van der Waals surface area (Å²) in [5.74, 6) is -0.161. The van der Waals surface area contributed by atoms with Crippen LogP contribution in [-0.2, 0) is 9.53 Å². The maximum atomic E-state index is 11.1. The second-order valence-corrected chi connectivity index (χ2v) is 3.61. The maximum Gasteiger partial charge on any atom is 0.309 e. The largest absolute Gasteiger partial charge is 0.469 e. The van der Waals surface area contributed by atoms with Crippen molar-refractivity contribution in [3.05, 3.63) is 0 Å². The van der Waals surface area contributed by atoms with Crippen LogP contribution in [0, 0.1) is 5.92 Å². The molecule has 13 heavy (non-hydrogen) atoms. The Bertz CT molecular complexity index is 157. The summed E-state index contributed by atoms with van der Waals surface area (Å²) in [6, 6.07) is 0.483. The Kier molecular flexibility index (Phi) is 5.71. The van der Waals surface area contributed by atoms with Crippen molar-refractivity contribution < 1.29 is 9.53 Å². The fourth-order valence-corrected chi connectivity index (χ4v) is 1.33. The standard InChI is InChI=1S/C10H21NO2/c1-6-11(8(2)3)7-9(4)10(12)13-5/h8-9H,6-7H2,1-5H3. The predicted molar refractivity (Wildman–Crippen MR) is 53.6 cm³/mol. The van der Waals surface area contributed by atoms with Gasteiger partial charge < -0.3 is 9.64 Å². The minimum atomic E-state index is -0.126. The summed E-state index contributed by atoms with van der Waals surface area (Å²) < 4.78 is 4.67. The summed E-state index contributed by atoms with van der Waals surface area (Å²) in [5.41, 5.74) is 0. The van der Waals surface area contributed by atoms with E-state index < -0.39 is 0 Å². The van der Waals surface area contributed by atoms with Crippen molar-refractivity contribution in [2.24, 2.45) is 5.92 Å². The van der Waals surface area contributed by atoms with E-state index in [4.69, 9.17) is 0 Å². The van der Waals surface area contributed by atoms with Crippen LogP contribution in [0.4, 0.5) is 0 Å². The summed E-state index contributed by atoms with van der Waals surface area (Å²) in [7, 11) is 1.44. The molecule has 3 heteroatoms. The molecule has 0 aromatic carbocycles. The van der Waals surface area contributed by atoms with E-state index in [9.17, 15) is 4.79 Å². The van der Waals surface area contributed by atoms with Gasteiger partial charge in [-0.15, -0.1) is 0 Å². The molecule has 1 unspecified atom stereocenters. The van der Waals surface area contributed by atoms with E-state index in [-0.39, 0.29) is 11.9 Å². The smallest absolute Gasteiger partial charge is 0.309 e. The predicted octanol–water partition coefficient (Wildman–Crippen LogP) is 1.53. The highest BCUT2D eigenvalue weighted by Gasteiger charge is 2.17. The monoisotopic (exact) mass is 187 g/mol. The van der Waals surface area contributed by atoms with Crippen LogP contribution >= 0.6 is 0 Å². The third kappa shape index (κ3) is 4.27. The van der Waals surface area contributed by atoms with E-state index in [1.54, 1.807) is 0 Å². The molecule has 0 rings (SSSR count). The SMILES string of the molecule is CCN(CC(C)C(=O)OC)C(C)C. The number of ether oxygens (including phenoxy) is 1. The summed E-state index contributed by atoms with van der Waals surface area (Å²) in [4.78, 5) is 13.4. The van der Waals surface area contributed by atoms with Gasteiger partial charge in [-0.2, -0.15) is 0 Å². The van der Waals surface area contributed by atoms with Gasteiger partial charge in [0.1, 0.15) is 0 Å². The molecule has 0 N–H and O–H groups in total. The topological polar surface area (TPSA) is 29.5 Å². The van der Waals surface area contributed by atoms with E-state index in [1.165, 1.54) is 7.11 Å². The second-order valence-electron chi connectivity index (χ2n) is 3.61. The molecule has 0 aliphatic heterocycles. The molecular formula is C10H21NO2. The van der Waals surface area contributed by atoms with Gasteiger partial charge in [0.2, 0.25) is 0 Å². The van der Waals surface area contributed by atoms with Crippen molar-refractivity contribution in [1.82, 2.24) is 4.90 Å². The Morgan fingerprint density at radius 2 is 1.92 bits per heavy atom. The first-order valence-electron chi connectivity index (χ1n) is 4.84. The molecule has 0 heterocycles. The van der Waals surface area contributed by atoms with Crippen LogP contribution in [0.3, 0.4) is 0 Å². The second kappa shape index (κ2) is 5.97. The number of carbonyl (C=O) groups excluding carboxylic acids is 1. The summed E-state index contributed by atoms with van der Waals surface area (Å²) >= 11 is 0. The zero-order valence-corrected chi connectivity index (χ0v) is 9.33. The van der Waals surface area contributed by atoms with E-state index in [2.05, 4.69) is 30.4 Å². The summed E-state index contributed by atoms with van der Waals surface area (Å²) in [6.07, 6.45) is 0. The first-order valence-corrected chi connectivity index (χ1v) is 4.84. The normalized spacial score (nSPS) is 13.5. The highest BCUT2D eigenvalue weighted by Crippen LogP contribution is 2.05. The molecule has 0 amide bonds. The average molecular weight is 187 g/mol. The molecule has 78 valence electrons. The van der Waals surface area contributed by atoms with Gasteiger partial charge in [-0.1, -0.05) is 13.8 Å². The van der Waals surface area contributed by atoms with Crippen molar-refractivity contribution in [2.45, 2.75) is 33.7 Å². The van der Waals surface area contributed by atoms with Crippen LogP contribution in [-0.4, -0.2) is 37.1 Å². The number of hydrogen-bond donors (Lipinski definition) is 0. The minimum absolute atomic E-state index is 0.0349. The lowest BCUT2D eigenvalue weighted by Crippen LogP contribution is -2.37. The first kappa shape index (κ1) is 12.4. The van der Waals surface area contributed by atoms with Gasteiger partial charge in [-0.3, -0.25) is 4.79 Å². The Hall–Kier alpha value is -0.570. The van der Waals surface area contributed by atoms with Crippen LogP contribution < -0.4 is 0 Å². The van der Waals surface area contributed by atoms with Crippen molar-refractivity contribution in [3.8, 4) is 0 Å². The maximum absolute atomic E-state index is 11.1. The molecule has 0 aromatic heterocycles. The highest BCUT2D eigenvalue weighted by atomic mass is 16.5. The lowest BCUT2D eigenvalue weighted by Gasteiger charge is -2.26. The molecular weight excluding hydrogens is 166 g/mol. The number of rotatable bonds is 5. The third-order valence-electron chi connectivity index (χ3n) is 2.25. The molecule has 0 fully saturated rings. The van der Waals surface area contributed by atoms with Crippen molar-refractivity contribution in [3.63, 3.8) is 0 Å². The Morgan fingerprint density at radius 3 is 2.23 bits per heavy atom. The number of nitrogens with zero attached hydrogens (tertiary/aromatic N) is 1. The van der Waals surface area contributed by atoms with Gasteiger partial charge in [0.05, 0.1) is 13.0 Å². The molecule has 0 aliphatic rings. The Labute approximate surface area is 81.1 Å². The third-order valence-corrected chi connectivity index (χ3v) is 2.25. The molecule has 3 nitrogen and oxygen atoms in total. The fraction of sp³-hybridized carbons (Fsp3) is 0.900. The number of hydrogen-bond acceptors (Lipinski definition) is 3. The number of carbonyl (C=O) groups is 1. The molecule has 1 atom stereocenters. The van der Waals surface area contributed by atoms with Gasteiger partial charge in [0, 0.05) is 12.6 Å². The molecule has 0 aliphatic carbocycles. The highest BCUT2D eigenvalue weighted by molar-refractivity contribution is 5.72. The minimum Gasteiger partial charge on any atom is -0.469 e. The van der Waals surface area contributed by atoms with Gasteiger partial charge >= 0.3 is 5.97 Å². The average Bonchev–Trinajstić information content (AvgIpc) is 2.11. The van der Waals surface area contributed by atoms with Gasteiger partial charge in [0.25, 0.3) is 0 Å². The summed E-state index contributed by atoms with van der Waals surface area (Å²) in [5, 5.41) is 0. The number of esters is 1. The van der Waals surface area contributed by atoms with E-state index >= 15 is 0 Å². The fourth-order valence-electron chi connectivity index (χ4n) is 1.33. The van der Waals surface area contributed by atoms with Gasteiger partial charge in [-0.05, 0) is 20.4 Å². The van der Waals surface area contributed by atoms with Crippen LogP contribution in [0.2, 0.25) is 0 Å². The van der Waals surface area contributed by atoms with E-state index in [0.29, 0.717) is 6.04 Å². The van der Waals surface area contributed by atoms with Crippen LogP contribution in [0.1, 0.15) is 27.7 Å². The van der Waals surface area contributed by atoms with Crippen LogP contribution in [0.5, 0.6) is 0 Å². The lowest BCUT2D eigenvalue weighted by molar-refractivity contribution is -0.145. The zero-order chi connectivity index (χ0) is 10.4. The van der Waals surface area contributed by atoms with E-state index in [0.717, 1.165) is 13.1 Å². The summed E-state index contributed by atoms with van der Waals surface area (Å²) in [6.45, 7) is 10.0. The van der Waals surface area contributed by atoms with Crippen molar-refractivity contribution in [2.75, 3.05) is 20.2 Å². The van der Waals surface area contributed by atoms with Gasteiger partial charge in [0.15, 0.2) is 0 Å². The quantitative estimate of drug-likeness (QED) is 0.611. The molecule has 0 radical (unpaired) electrons. The zero-order valence-electron chi connectivity index (χ0n) is 9.33. The molecule has 0 saturated heterocycles. The Balaban J connectivity index is 4.00. The molecule has 0 aromatic rings. The van der Waals surface area contributed by atoms with E-state index in [1.807, 2.05) is 6.92 Å².